The lowest BCUT2D eigenvalue weighted by atomic mass is 10.1. The van der Waals surface area contributed by atoms with E-state index in [1.54, 1.807) is 0 Å². The van der Waals surface area contributed by atoms with E-state index in [-0.39, 0.29) is 18.0 Å². The van der Waals surface area contributed by atoms with Crippen LogP contribution in [0.4, 0.5) is 31.9 Å². The molecule has 2 aromatic heterocycles. The third-order valence-corrected chi connectivity index (χ3v) is 6.35. The van der Waals surface area contributed by atoms with Crippen LogP contribution in [0.15, 0.2) is 24.4 Å². The Morgan fingerprint density at radius 1 is 1.23 bits per heavy atom. The van der Waals surface area contributed by atoms with E-state index >= 15 is 0 Å². The van der Waals surface area contributed by atoms with Crippen molar-refractivity contribution in [2.24, 2.45) is 0 Å². The van der Waals surface area contributed by atoms with Crippen molar-refractivity contribution in [2.45, 2.75) is 37.2 Å². The number of nitrogens with zero attached hydrogens (tertiary/aromatic N) is 4. The number of hydrogen-bond acceptors (Lipinski definition) is 7. The minimum absolute atomic E-state index is 0.0494. The number of piperazine rings is 1. The van der Waals surface area contributed by atoms with Gasteiger partial charge in [0.1, 0.15) is 35.5 Å². The van der Waals surface area contributed by atoms with Gasteiger partial charge in [0.2, 0.25) is 0 Å². The summed E-state index contributed by atoms with van der Waals surface area (Å²) in [5.41, 5.74) is 0.989. The standard InChI is InChI=1S/C20H23ClF2N6O/c21-14-8-25-18(6-16(14)23)26-19-4-12(29-9-11-3-13(29)7-24-11)5-20(27-19)28-2-1-15(22)17(30)10-28/h4-6,8,11,13,15,17,24,30H,1-3,7,9-10H2,(H,25,26,27). The summed E-state index contributed by atoms with van der Waals surface area (Å²) in [7, 11) is 0. The van der Waals surface area contributed by atoms with Crippen molar-refractivity contribution >= 4 is 34.7 Å². The maximum atomic E-state index is 13.8. The number of halogens is 3. The molecule has 4 unspecified atom stereocenters. The molecule has 0 aromatic carbocycles. The molecular weight excluding hydrogens is 414 g/mol. The summed E-state index contributed by atoms with van der Waals surface area (Å²) in [6.07, 6.45) is 0.328. The van der Waals surface area contributed by atoms with E-state index in [0.717, 1.165) is 25.2 Å². The summed E-state index contributed by atoms with van der Waals surface area (Å²) in [5.74, 6) is 0.872. The number of piperidine rings is 1. The average molecular weight is 437 g/mol. The first-order valence-corrected chi connectivity index (χ1v) is 10.5. The molecule has 3 aliphatic rings. The molecular formula is C20H23ClF2N6O. The van der Waals surface area contributed by atoms with Crippen molar-refractivity contribution in [1.29, 1.82) is 0 Å². The second kappa shape index (κ2) is 7.79. The van der Waals surface area contributed by atoms with Gasteiger partial charge in [-0.3, -0.25) is 0 Å². The lowest BCUT2D eigenvalue weighted by molar-refractivity contribution is 0.0643. The zero-order valence-electron chi connectivity index (χ0n) is 16.2. The van der Waals surface area contributed by atoms with Crippen LogP contribution < -0.4 is 20.4 Å². The number of rotatable bonds is 4. The maximum Gasteiger partial charge on any atom is 0.147 e. The van der Waals surface area contributed by atoms with Crippen molar-refractivity contribution in [1.82, 2.24) is 15.3 Å². The van der Waals surface area contributed by atoms with Gasteiger partial charge < -0.3 is 25.5 Å². The van der Waals surface area contributed by atoms with Crippen LogP contribution in [0, 0.1) is 5.82 Å². The minimum Gasteiger partial charge on any atom is -0.388 e. The largest absolute Gasteiger partial charge is 0.388 e. The highest BCUT2D eigenvalue weighted by Gasteiger charge is 2.38. The molecule has 5 rings (SSSR count). The van der Waals surface area contributed by atoms with Crippen LogP contribution in [0.3, 0.4) is 0 Å². The van der Waals surface area contributed by atoms with Gasteiger partial charge in [0, 0.05) is 62.1 Å². The summed E-state index contributed by atoms with van der Waals surface area (Å²) >= 11 is 5.73. The van der Waals surface area contributed by atoms with Crippen LogP contribution in [0.1, 0.15) is 12.8 Å². The number of pyridine rings is 2. The first-order valence-electron chi connectivity index (χ1n) is 10.1. The predicted molar refractivity (Wildman–Crippen MR) is 112 cm³/mol. The molecule has 0 aliphatic carbocycles. The Morgan fingerprint density at radius 3 is 2.80 bits per heavy atom. The van der Waals surface area contributed by atoms with Crippen molar-refractivity contribution < 1.29 is 13.9 Å². The van der Waals surface area contributed by atoms with Crippen molar-refractivity contribution in [3.63, 3.8) is 0 Å². The Hall–Kier alpha value is -2.23. The highest BCUT2D eigenvalue weighted by molar-refractivity contribution is 6.30. The van der Waals surface area contributed by atoms with E-state index in [2.05, 4.69) is 25.5 Å². The van der Waals surface area contributed by atoms with Gasteiger partial charge >= 0.3 is 0 Å². The third kappa shape index (κ3) is 3.77. The Bertz CT molecular complexity index is 950. The van der Waals surface area contributed by atoms with Crippen molar-refractivity contribution in [3.05, 3.63) is 35.2 Å². The molecule has 3 N–H and O–H groups in total. The number of anilines is 4. The third-order valence-electron chi connectivity index (χ3n) is 6.07. The molecule has 30 heavy (non-hydrogen) atoms. The fourth-order valence-corrected chi connectivity index (χ4v) is 4.60. The second-order valence-electron chi connectivity index (χ2n) is 8.14. The molecule has 160 valence electrons. The minimum atomic E-state index is -1.22. The zero-order valence-corrected chi connectivity index (χ0v) is 17.0. The van der Waals surface area contributed by atoms with E-state index in [9.17, 15) is 13.9 Å². The number of alkyl halides is 1. The monoisotopic (exact) mass is 436 g/mol. The first-order chi connectivity index (χ1) is 14.5. The van der Waals surface area contributed by atoms with E-state index in [4.69, 9.17) is 11.6 Å². The molecule has 5 heterocycles. The molecule has 7 nitrogen and oxygen atoms in total. The topological polar surface area (TPSA) is 76.6 Å². The molecule has 3 fully saturated rings. The molecule has 4 atom stereocenters. The highest BCUT2D eigenvalue weighted by atomic mass is 35.5. The zero-order chi connectivity index (χ0) is 20.8. The van der Waals surface area contributed by atoms with Crippen LogP contribution in [-0.4, -0.2) is 65.6 Å². The molecule has 3 aliphatic heterocycles. The lowest BCUT2D eigenvalue weighted by Crippen LogP contribution is -2.46. The maximum absolute atomic E-state index is 13.8. The normalized spacial score (nSPS) is 28.3. The van der Waals surface area contributed by atoms with Crippen molar-refractivity contribution in [2.75, 3.05) is 41.3 Å². The number of aromatic nitrogens is 2. The molecule has 0 amide bonds. The molecule has 2 bridgehead atoms. The lowest BCUT2D eigenvalue weighted by Gasteiger charge is -2.35. The second-order valence-corrected chi connectivity index (χ2v) is 8.55. The number of β-amino-alcohol motifs (C(OH)–C–C–N with tert-alkyl or cyclic N) is 1. The Morgan fingerprint density at radius 2 is 2.10 bits per heavy atom. The van der Waals surface area contributed by atoms with Gasteiger partial charge in [0.25, 0.3) is 0 Å². The highest BCUT2D eigenvalue weighted by Crippen LogP contribution is 2.34. The molecule has 0 spiro atoms. The summed E-state index contributed by atoms with van der Waals surface area (Å²) in [6.45, 7) is 2.48. The Balaban J connectivity index is 1.47. The number of fused-ring (bicyclic) bond motifs is 2. The SMILES string of the molecule is OC1CN(c2cc(N3CC4CC3CN4)cc(Nc3cc(F)c(Cl)cn3)n2)CCC1F. The number of aliphatic hydroxyl groups is 1. The van der Waals surface area contributed by atoms with Crippen LogP contribution in [0.2, 0.25) is 5.02 Å². The molecule has 3 saturated heterocycles. The fraction of sp³-hybridized carbons (Fsp3) is 0.500. The summed E-state index contributed by atoms with van der Waals surface area (Å²) in [6, 6.07) is 5.99. The molecule has 0 radical (unpaired) electrons. The van der Waals surface area contributed by atoms with Gasteiger partial charge in [-0.1, -0.05) is 11.6 Å². The summed E-state index contributed by atoms with van der Waals surface area (Å²) < 4.78 is 27.6. The number of hydrogen-bond donors (Lipinski definition) is 3. The first kappa shape index (κ1) is 19.7. The molecule has 2 aromatic rings. The Kier molecular flexibility index (Phi) is 5.12. The van der Waals surface area contributed by atoms with Crippen LogP contribution in [-0.2, 0) is 0 Å². The summed E-state index contributed by atoms with van der Waals surface area (Å²) in [5, 5.41) is 16.5. The fourth-order valence-electron chi connectivity index (χ4n) is 4.50. The van der Waals surface area contributed by atoms with Gasteiger partial charge in [-0.25, -0.2) is 18.7 Å². The smallest absolute Gasteiger partial charge is 0.147 e. The number of aliphatic hydroxyl groups excluding tert-OH is 1. The molecule has 0 saturated carbocycles. The van der Waals surface area contributed by atoms with Gasteiger partial charge in [-0.2, -0.15) is 0 Å². The quantitative estimate of drug-likeness (QED) is 0.679. The molecule has 10 heteroatoms. The van der Waals surface area contributed by atoms with E-state index in [1.807, 2.05) is 17.0 Å². The van der Waals surface area contributed by atoms with Crippen LogP contribution in [0.5, 0.6) is 0 Å². The summed E-state index contributed by atoms with van der Waals surface area (Å²) in [4.78, 5) is 13.0. The van der Waals surface area contributed by atoms with E-state index < -0.39 is 18.1 Å². The van der Waals surface area contributed by atoms with Gasteiger partial charge in [0.05, 0.1) is 11.2 Å². The van der Waals surface area contributed by atoms with Gasteiger partial charge in [0.15, 0.2) is 0 Å². The number of nitrogens with one attached hydrogen (secondary N) is 2. The van der Waals surface area contributed by atoms with Crippen LogP contribution >= 0.6 is 11.6 Å². The Labute approximate surface area is 178 Å². The predicted octanol–water partition coefficient (Wildman–Crippen LogP) is 2.47. The van der Waals surface area contributed by atoms with Gasteiger partial charge in [-0.05, 0) is 12.8 Å². The van der Waals surface area contributed by atoms with E-state index in [1.165, 1.54) is 12.3 Å². The van der Waals surface area contributed by atoms with Crippen LogP contribution in [0.25, 0.3) is 0 Å². The van der Waals surface area contributed by atoms with E-state index in [0.29, 0.717) is 36.1 Å². The average Bonchev–Trinajstić information content (AvgIpc) is 3.36. The van der Waals surface area contributed by atoms with Crippen molar-refractivity contribution in [3.8, 4) is 0 Å². The van der Waals surface area contributed by atoms with Gasteiger partial charge in [-0.15, -0.1) is 0 Å².